The van der Waals surface area contributed by atoms with Crippen LogP contribution < -0.4 is 0 Å². The van der Waals surface area contributed by atoms with E-state index in [1.54, 1.807) is 12.4 Å². The van der Waals surface area contributed by atoms with E-state index in [4.69, 9.17) is 0 Å². The quantitative estimate of drug-likeness (QED) is 0.575. The second-order valence-corrected chi connectivity index (χ2v) is 2.16. The highest BCUT2D eigenvalue weighted by molar-refractivity contribution is 5.76. The molecule has 50 valence electrons. The number of H-pyrrole nitrogens is 1. The lowest BCUT2D eigenvalue weighted by molar-refractivity contribution is 1.02. The molecule has 0 aliphatic carbocycles. The molecular weight excluding hydrogens is 128 g/mol. The summed E-state index contributed by atoms with van der Waals surface area (Å²) in [6.45, 7) is 1.98. The Morgan fingerprint density at radius 1 is 1.40 bits per heavy atom. The van der Waals surface area contributed by atoms with Gasteiger partial charge >= 0.3 is 0 Å². The van der Waals surface area contributed by atoms with Gasteiger partial charge in [-0.2, -0.15) is 10.2 Å². The second kappa shape index (κ2) is 1.76. The van der Waals surface area contributed by atoms with Gasteiger partial charge in [-0.1, -0.05) is 0 Å². The molecule has 0 fully saturated rings. The Kier molecular flexibility index (Phi) is 0.943. The predicted molar refractivity (Wildman–Crippen MR) is 36.4 cm³/mol. The van der Waals surface area contributed by atoms with Gasteiger partial charge in [-0.3, -0.25) is 5.10 Å². The van der Waals surface area contributed by atoms with Crippen LogP contribution in [0.25, 0.3) is 11.0 Å². The van der Waals surface area contributed by atoms with Crippen molar-refractivity contribution in [2.45, 2.75) is 6.92 Å². The lowest BCUT2D eigenvalue weighted by atomic mass is 10.2. The van der Waals surface area contributed by atoms with Gasteiger partial charge in [0.2, 0.25) is 0 Å². The molecule has 0 saturated carbocycles. The molecule has 0 spiro atoms. The molecule has 2 aromatic rings. The topological polar surface area (TPSA) is 54.5 Å². The number of hydrogen-bond donors (Lipinski definition) is 1. The number of nitrogens with zero attached hydrogens (tertiary/aromatic N) is 3. The summed E-state index contributed by atoms with van der Waals surface area (Å²) in [6.07, 6.45) is 3.47. The third kappa shape index (κ3) is 0.586. The Bertz CT molecular complexity index is 351. The van der Waals surface area contributed by atoms with E-state index >= 15 is 0 Å². The summed E-state index contributed by atoms with van der Waals surface area (Å²) >= 11 is 0. The van der Waals surface area contributed by atoms with Crippen LogP contribution in [0.4, 0.5) is 0 Å². The van der Waals surface area contributed by atoms with Gasteiger partial charge in [0.05, 0.1) is 12.4 Å². The summed E-state index contributed by atoms with van der Waals surface area (Å²) < 4.78 is 0. The number of rotatable bonds is 0. The molecule has 0 atom stereocenters. The molecule has 0 amide bonds. The fraction of sp³-hybridized carbons (Fsp3) is 0.167. The van der Waals surface area contributed by atoms with Crippen LogP contribution in [0.1, 0.15) is 5.56 Å². The number of aromatic amines is 1. The molecule has 4 nitrogen and oxygen atoms in total. The van der Waals surface area contributed by atoms with Crippen LogP contribution in [0.3, 0.4) is 0 Å². The first kappa shape index (κ1) is 5.34. The van der Waals surface area contributed by atoms with Crippen LogP contribution >= 0.6 is 0 Å². The summed E-state index contributed by atoms with van der Waals surface area (Å²) in [4.78, 5) is 0. The Morgan fingerprint density at radius 3 is 3.10 bits per heavy atom. The molecule has 4 heteroatoms. The Balaban J connectivity index is 2.95. The number of nitrogens with one attached hydrogen (secondary N) is 1. The summed E-state index contributed by atoms with van der Waals surface area (Å²) in [5.41, 5.74) is 1.85. The van der Waals surface area contributed by atoms with Crippen molar-refractivity contribution < 1.29 is 0 Å². The van der Waals surface area contributed by atoms with Crippen molar-refractivity contribution in [3.63, 3.8) is 0 Å². The molecule has 10 heavy (non-hydrogen) atoms. The molecule has 0 saturated heterocycles. The zero-order chi connectivity index (χ0) is 6.97. The van der Waals surface area contributed by atoms with E-state index in [0.29, 0.717) is 0 Å². The second-order valence-electron chi connectivity index (χ2n) is 2.16. The van der Waals surface area contributed by atoms with Crippen LogP contribution in [-0.2, 0) is 0 Å². The molecular formula is C6H6N4. The van der Waals surface area contributed by atoms with Gasteiger partial charge < -0.3 is 0 Å². The Labute approximate surface area is 57.3 Å². The van der Waals surface area contributed by atoms with Crippen molar-refractivity contribution in [1.29, 1.82) is 0 Å². The maximum absolute atomic E-state index is 3.83. The van der Waals surface area contributed by atoms with E-state index in [1.807, 2.05) is 6.92 Å². The van der Waals surface area contributed by atoms with E-state index in [0.717, 1.165) is 16.6 Å². The number of fused-ring (bicyclic) bond motifs is 1. The molecule has 0 aliphatic rings. The maximum atomic E-state index is 3.83. The normalized spacial score (nSPS) is 10.5. The molecule has 2 rings (SSSR count). The highest BCUT2D eigenvalue weighted by atomic mass is 15.2. The average Bonchev–Trinajstić information content (AvgIpc) is 2.36. The summed E-state index contributed by atoms with van der Waals surface area (Å²) in [7, 11) is 0. The van der Waals surface area contributed by atoms with E-state index in [9.17, 15) is 0 Å². The van der Waals surface area contributed by atoms with E-state index < -0.39 is 0 Å². The largest absolute Gasteiger partial charge is 0.259 e. The van der Waals surface area contributed by atoms with Gasteiger partial charge in [0.1, 0.15) is 0 Å². The minimum atomic E-state index is 0.750. The lowest BCUT2D eigenvalue weighted by Crippen LogP contribution is -1.83. The van der Waals surface area contributed by atoms with E-state index in [-0.39, 0.29) is 0 Å². The van der Waals surface area contributed by atoms with Crippen molar-refractivity contribution in [3.05, 3.63) is 18.0 Å². The number of aryl methyl sites for hydroxylation is 1. The highest BCUT2D eigenvalue weighted by Gasteiger charge is 1.97. The first-order chi connectivity index (χ1) is 4.88. The molecule has 0 bridgehead atoms. The Morgan fingerprint density at radius 2 is 2.30 bits per heavy atom. The molecule has 0 aromatic carbocycles. The first-order valence-corrected chi connectivity index (χ1v) is 2.99. The average molecular weight is 134 g/mol. The fourth-order valence-corrected chi connectivity index (χ4v) is 0.887. The molecule has 2 aromatic heterocycles. The van der Waals surface area contributed by atoms with Gasteiger partial charge in [0.25, 0.3) is 0 Å². The standard InChI is InChI=1S/C6H6N4/c1-4-2-7-9-6-5(4)3-8-10-6/h2-3H,1H3,(H,8,9,10). The zero-order valence-electron chi connectivity index (χ0n) is 5.50. The summed E-state index contributed by atoms with van der Waals surface area (Å²) in [5, 5.41) is 15.2. The van der Waals surface area contributed by atoms with Gasteiger partial charge in [0, 0.05) is 5.39 Å². The predicted octanol–water partition coefficient (Wildman–Crippen LogP) is 0.661. The molecule has 0 unspecified atom stereocenters. The number of hydrogen-bond acceptors (Lipinski definition) is 3. The summed E-state index contributed by atoms with van der Waals surface area (Å²) in [5.74, 6) is 0. The monoisotopic (exact) mass is 134 g/mol. The minimum Gasteiger partial charge on any atom is -0.259 e. The van der Waals surface area contributed by atoms with E-state index in [1.165, 1.54) is 0 Å². The molecule has 0 radical (unpaired) electrons. The lowest BCUT2D eigenvalue weighted by Gasteiger charge is -1.88. The van der Waals surface area contributed by atoms with Gasteiger partial charge in [-0.05, 0) is 12.5 Å². The van der Waals surface area contributed by atoms with Crippen molar-refractivity contribution in [2.24, 2.45) is 0 Å². The van der Waals surface area contributed by atoms with Crippen molar-refractivity contribution in [2.75, 3.05) is 0 Å². The van der Waals surface area contributed by atoms with Crippen LogP contribution in [0.2, 0.25) is 0 Å². The van der Waals surface area contributed by atoms with E-state index in [2.05, 4.69) is 20.4 Å². The van der Waals surface area contributed by atoms with Crippen molar-refractivity contribution in [3.8, 4) is 0 Å². The van der Waals surface area contributed by atoms with Crippen molar-refractivity contribution >= 4 is 11.0 Å². The smallest absolute Gasteiger partial charge is 0.178 e. The molecule has 0 aliphatic heterocycles. The van der Waals surface area contributed by atoms with Crippen LogP contribution in [0.15, 0.2) is 12.4 Å². The van der Waals surface area contributed by atoms with Crippen LogP contribution in [0, 0.1) is 6.92 Å². The van der Waals surface area contributed by atoms with Gasteiger partial charge in [-0.25, -0.2) is 0 Å². The fourth-order valence-electron chi connectivity index (χ4n) is 0.887. The minimum absolute atomic E-state index is 0.750. The summed E-state index contributed by atoms with van der Waals surface area (Å²) in [6, 6.07) is 0. The third-order valence-corrected chi connectivity index (χ3v) is 1.45. The molecule has 1 N–H and O–H groups in total. The highest BCUT2D eigenvalue weighted by Crippen LogP contribution is 2.09. The van der Waals surface area contributed by atoms with Crippen molar-refractivity contribution in [1.82, 2.24) is 20.4 Å². The SMILES string of the molecule is Cc1cnnc2[nH]ncc12. The third-order valence-electron chi connectivity index (χ3n) is 1.45. The van der Waals surface area contributed by atoms with Crippen LogP contribution in [0.5, 0.6) is 0 Å². The first-order valence-electron chi connectivity index (χ1n) is 2.99. The van der Waals surface area contributed by atoms with Gasteiger partial charge in [-0.15, -0.1) is 5.10 Å². The maximum Gasteiger partial charge on any atom is 0.178 e. The van der Waals surface area contributed by atoms with Gasteiger partial charge in [0.15, 0.2) is 5.65 Å². The Hall–Kier alpha value is -1.45. The zero-order valence-corrected chi connectivity index (χ0v) is 5.50. The van der Waals surface area contributed by atoms with Crippen LogP contribution in [-0.4, -0.2) is 20.4 Å². The number of aromatic nitrogens is 4. The molecule has 2 heterocycles.